The number of hydrogen-bond acceptors (Lipinski definition) is 5. The topological polar surface area (TPSA) is 46.1 Å². The highest BCUT2D eigenvalue weighted by molar-refractivity contribution is 8.00. The molecule has 3 rings (SSSR count). The molecule has 4 nitrogen and oxygen atoms in total. The Bertz CT molecular complexity index is 648. The number of aromatic nitrogens is 2. The molecule has 0 radical (unpaired) electrons. The van der Waals surface area contributed by atoms with E-state index in [-0.39, 0.29) is 5.91 Å². The van der Waals surface area contributed by atoms with Crippen molar-refractivity contribution in [2.24, 2.45) is 0 Å². The van der Waals surface area contributed by atoms with Crippen molar-refractivity contribution < 1.29 is 4.79 Å². The molecule has 0 bridgehead atoms. The second kappa shape index (κ2) is 7.42. The second-order valence-corrected chi connectivity index (χ2v) is 7.63. The number of hydrogen-bond donors (Lipinski definition) is 0. The zero-order chi connectivity index (χ0) is 15.4. The highest BCUT2D eigenvalue weighted by Crippen LogP contribution is 2.31. The van der Waals surface area contributed by atoms with Crippen LogP contribution in [-0.2, 0) is 11.2 Å². The molecule has 0 unspecified atom stereocenters. The first kappa shape index (κ1) is 15.7. The lowest BCUT2D eigenvalue weighted by Crippen LogP contribution is -2.33. The highest BCUT2D eigenvalue weighted by atomic mass is 32.2. The summed E-state index contributed by atoms with van der Waals surface area (Å²) in [4.78, 5) is 25.5. The van der Waals surface area contributed by atoms with Gasteiger partial charge in [0.25, 0.3) is 0 Å². The minimum absolute atomic E-state index is 0.240. The van der Waals surface area contributed by atoms with Crippen LogP contribution < -0.4 is 0 Å². The number of amides is 1. The molecule has 1 amide bonds. The Morgan fingerprint density at radius 3 is 2.77 bits per heavy atom. The molecule has 0 aromatic carbocycles. The van der Waals surface area contributed by atoms with Crippen molar-refractivity contribution in [2.75, 3.05) is 18.8 Å². The van der Waals surface area contributed by atoms with Crippen LogP contribution >= 0.6 is 23.1 Å². The highest BCUT2D eigenvalue weighted by Gasteiger charge is 2.17. The summed E-state index contributed by atoms with van der Waals surface area (Å²) in [5.74, 6) is 0.716. The van der Waals surface area contributed by atoms with E-state index in [0.717, 1.165) is 47.6 Å². The zero-order valence-electron chi connectivity index (χ0n) is 12.9. The maximum Gasteiger partial charge on any atom is 0.232 e. The first-order chi connectivity index (χ1) is 10.8. The van der Waals surface area contributed by atoms with E-state index in [1.54, 1.807) is 29.4 Å². The van der Waals surface area contributed by atoms with Gasteiger partial charge in [0.1, 0.15) is 16.2 Å². The average molecular weight is 335 g/mol. The van der Waals surface area contributed by atoms with Gasteiger partial charge in [0.2, 0.25) is 5.91 Å². The van der Waals surface area contributed by atoms with Gasteiger partial charge in [-0.3, -0.25) is 4.79 Å². The summed E-state index contributed by atoms with van der Waals surface area (Å²) in [7, 11) is 0. The molecule has 22 heavy (non-hydrogen) atoms. The molecule has 1 aliphatic heterocycles. The molecule has 2 aromatic heterocycles. The Morgan fingerprint density at radius 2 is 2.05 bits per heavy atom. The van der Waals surface area contributed by atoms with E-state index >= 15 is 0 Å². The van der Waals surface area contributed by atoms with E-state index in [1.165, 1.54) is 17.7 Å². The Morgan fingerprint density at radius 1 is 1.27 bits per heavy atom. The Kier molecular flexibility index (Phi) is 5.31. The van der Waals surface area contributed by atoms with Gasteiger partial charge in [-0.1, -0.05) is 31.5 Å². The van der Waals surface area contributed by atoms with Crippen molar-refractivity contribution in [1.82, 2.24) is 14.9 Å². The monoisotopic (exact) mass is 335 g/mol. The Labute approximate surface area is 139 Å². The molecule has 1 aliphatic rings. The average Bonchev–Trinajstić information content (AvgIpc) is 2.78. The van der Waals surface area contributed by atoms with E-state index in [2.05, 4.69) is 23.0 Å². The van der Waals surface area contributed by atoms with Crippen LogP contribution in [0.3, 0.4) is 0 Å². The van der Waals surface area contributed by atoms with Crippen molar-refractivity contribution in [2.45, 2.75) is 44.1 Å². The van der Waals surface area contributed by atoms with Gasteiger partial charge in [-0.2, -0.15) is 0 Å². The van der Waals surface area contributed by atoms with Crippen LogP contribution in [0.15, 0.2) is 17.4 Å². The summed E-state index contributed by atoms with van der Waals surface area (Å²) >= 11 is 3.26. The minimum atomic E-state index is 0.240. The molecule has 0 saturated carbocycles. The van der Waals surface area contributed by atoms with E-state index in [9.17, 15) is 4.79 Å². The fourth-order valence-electron chi connectivity index (χ4n) is 2.71. The lowest BCUT2D eigenvalue weighted by Gasteiger charge is -2.19. The van der Waals surface area contributed by atoms with Crippen LogP contribution in [0.25, 0.3) is 10.2 Å². The van der Waals surface area contributed by atoms with Crippen LogP contribution in [0.4, 0.5) is 0 Å². The molecule has 0 aliphatic carbocycles. The lowest BCUT2D eigenvalue weighted by atomic mass is 10.2. The SMILES string of the molecule is CCc1cc2c(SCC(=O)N3CCCCCC3)ncnc2s1. The standard InChI is InChI=1S/C16H21N3OS2/c1-2-12-9-13-15(17-11-18-16(13)22-12)21-10-14(20)19-7-5-3-4-6-8-19/h9,11H,2-8,10H2,1H3. The summed E-state index contributed by atoms with van der Waals surface area (Å²) in [5.41, 5.74) is 0. The van der Waals surface area contributed by atoms with E-state index in [4.69, 9.17) is 0 Å². The number of aryl methyl sites for hydroxylation is 1. The third-order valence-corrected chi connectivity index (χ3v) is 6.16. The van der Waals surface area contributed by atoms with Gasteiger partial charge in [-0.25, -0.2) is 9.97 Å². The van der Waals surface area contributed by atoms with Gasteiger partial charge in [0.15, 0.2) is 0 Å². The van der Waals surface area contributed by atoms with Gasteiger partial charge in [0.05, 0.1) is 5.75 Å². The van der Waals surface area contributed by atoms with Crippen LogP contribution in [0, 0.1) is 0 Å². The summed E-state index contributed by atoms with van der Waals surface area (Å²) in [6, 6.07) is 2.17. The van der Waals surface area contributed by atoms with Gasteiger partial charge in [-0.05, 0) is 25.3 Å². The number of fused-ring (bicyclic) bond motifs is 1. The molecule has 3 heterocycles. The minimum Gasteiger partial charge on any atom is -0.342 e. The summed E-state index contributed by atoms with van der Waals surface area (Å²) < 4.78 is 0. The third kappa shape index (κ3) is 3.60. The van der Waals surface area contributed by atoms with Crippen LogP contribution in [0.5, 0.6) is 0 Å². The second-order valence-electron chi connectivity index (χ2n) is 5.55. The number of nitrogens with zero attached hydrogens (tertiary/aromatic N) is 3. The largest absolute Gasteiger partial charge is 0.342 e. The Balaban J connectivity index is 1.68. The smallest absolute Gasteiger partial charge is 0.232 e. The number of thioether (sulfide) groups is 1. The van der Waals surface area contributed by atoms with Crippen molar-refractivity contribution in [3.63, 3.8) is 0 Å². The van der Waals surface area contributed by atoms with E-state index in [0.29, 0.717) is 5.75 Å². The number of carbonyl (C=O) groups is 1. The maximum atomic E-state index is 12.4. The summed E-state index contributed by atoms with van der Waals surface area (Å²) in [6.45, 7) is 3.97. The fourth-order valence-corrected chi connectivity index (χ4v) is 4.59. The predicted molar refractivity (Wildman–Crippen MR) is 92.6 cm³/mol. The molecule has 2 aromatic rings. The van der Waals surface area contributed by atoms with Gasteiger partial charge < -0.3 is 4.90 Å². The fraction of sp³-hybridized carbons (Fsp3) is 0.562. The van der Waals surface area contributed by atoms with Crippen LogP contribution in [0.2, 0.25) is 0 Å². The van der Waals surface area contributed by atoms with Crippen molar-refractivity contribution in [1.29, 1.82) is 0 Å². The Hall–Kier alpha value is -1.14. The van der Waals surface area contributed by atoms with Crippen molar-refractivity contribution >= 4 is 39.2 Å². The molecule has 6 heteroatoms. The molecule has 1 fully saturated rings. The lowest BCUT2D eigenvalue weighted by molar-refractivity contribution is -0.128. The van der Waals surface area contributed by atoms with Crippen molar-refractivity contribution in [3.8, 4) is 0 Å². The molecular formula is C16H21N3OS2. The third-order valence-electron chi connectivity index (χ3n) is 3.98. The molecule has 118 valence electrons. The van der Waals surface area contributed by atoms with E-state index in [1.807, 2.05) is 4.90 Å². The van der Waals surface area contributed by atoms with Gasteiger partial charge in [-0.15, -0.1) is 11.3 Å². The quantitative estimate of drug-likeness (QED) is 0.630. The number of rotatable bonds is 4. The maximum absolute atomic E-state index is 12.4. The van der Waals surface area contributed by atoms with E-state index < -0.39 is 0 Å². The predicted octanol–water partition coefficient (Wildman–Crippen LogP) is 3.75. The van der Waals surface area contributed by atoms with Crippen molar-refractivity contribution in [3.05, 3.63) is 17.3 Å². The molecule has 0 atom stereocenters. The molecule has 0 N–H and O–H groups in total. The molecule has 0 spiro atoms. The van der Waals surface area contributed by atoms with Gasteiger partial charge >= 0.3 is 0 Å². The first-order valence-corrected chi connectivity index (χ1v) is 9.72. The first-order valence-electron chi connectivity index (χ1n) is 7.92. The molecule has 1 saturated heterocycles. The van der Waals surface area contributed by atoms with Gasteiger partial charge in [0, 0.05) is 23.4 Å². The summed E-state index contributed by atoms with van der Waals surface area (Å²) in [6.07, 6.45) is 7.39. The summed E-state index contributed by atoms with van der Waals surface area (Å²) in [5, 5.41) is 2.03. The molecular weight excluding hydrogens is 314 g/mol. The zero-order valence-corrected chi connectivity index (χ0v) is 14.5. The number of thiophene rings is 1. The normalized spacial score (nSPS) is 16.0. The van der Waals surface area contributed by atoms with Crippen LogP contribution in [0.1, 0.15) is 37.5 Å². The number of likely N-dealkylation sites (tertiary alicyclic amines) is 1. The van der Waals surface area contributed by atoms with Crippen LogP contribution in [-0.4, -0.2) is 39.6 Å². The number of carbonyl (C=O) groups excluding carboxylic acids is 1.